The molecule has 0 saturated carbocycles. The molecule has 0 spiro atoms. The van der Waals surface area contributed by atoms with Crippen LogP contribution in [0.2, 0.25) is 0 Å². The number of hydrogen-bond donors (Lipinski definition) is 0. The third kappa shape index (κ3) is 2.60. The fourth-order valence-electron chi connectivity index (χ4n) is 0.908. The third-order valence-corrected chi connectivity index (χ3v) is 2.42. The average molecular weight is 170 g/mol. The molecule has 0 fully saturated rings. The lowest BCUT2D eigenvalue weighted by Gasteiger charge is -2.05. The molecule has 11 heavy (non-hydrogen) atoms. The van der Waals surface area contributed by atoms with Crippen LogP contribution >= 0.6 is 11.3 Å². The molecule has 1 aromatic rings. The highest BCUT2D eigenvalue weighted by atomic mass is 32.1. The molecule has 3 heteroatoms. The second kappa shape index (κ2) is 3.83. The molecule has 0 bridgehead atoms. The van der Waals surface area contributed by atoms with Crippen LogP contribution in [0.25, 0.3) is 0 Å². The maximum Gasteiger partial charge on any atom is 0.0926 e. The van der Waals surface area contributed by atoms with Crippen molar-refractivity contribution in [3.63, 3.8) is 0 Å². The van der Waals surface area contributed by atoms with Crippen LogP contribution in [0.3, 0.4) is 0 Å². The SMILES string of the molecule is CCc1nc(CN(C)C)cs1. The molecule has 0 saturated heterocycles. The van der Waals surface area contributed by atoms with Crippen LogP contribution in [0.1, 0.15) is 17.6 Å². The standard InChI is InChI=1S/C8H14N2S/c1-4-8-9-7(6-11-8)5-10(2)3/h6H,4-5H2,1-3H3. The number of thiazole rings is 1. The zero-order valence-electron chi connectivity index (χ0n) is 7.29. The van der Waals surface area contributed by atoms with E-state index in [-0.39, 0.29) is 0 Å². The molecule has 1 aromatic heterocycles. The molecule has 62 valence electrons. The summed E-state index contributed by atoms with van der Waals surface area (Å²) in [6, 6.07) is 0. The minimum absolute atomic E-state index is 0.955. The van der Waals surface area contributed by atoms with Gasteiger partial charge in [-0.2, -0.15) is 0 Å². The Bertz CT molecular complexity index is 218. The monoisotopic (exact) mass is 170 g/mol. The molecule has 1 heterocycles. The highest BCUT2D eigenvalue weighted by molar-refractivity contribution is 7.09. The van der Waals surface area contributed by atoms with Gasteiger partial charge in [-0.05, 0) is 20.5 Å². The van der Waals surface area contributed by atoms with Crippen LogP contribution in [-0.2, 0) is 13.0 Å². The molecule has 2 nitrogen and oxygen atoms in total. The Labute approximate surface area is 71.9 Å². The summed E-state index contributed by atoms with van der Waals surface area (Å²) in [5.74, 6) is 0. The van der Waals surface area contributed by atoms with Gasteiger partial charge in [0, 0.05) is 11.9 Å². The maximum absolute atomic E-state index is 4.45. The number of aromatic nitrogens is 1. The van der Waals surface area contributed by atoms with Gasteiger partial charge >= 0.3 is 0 Å². The van der Waals surface area contributed by atoms with Gasteiger partial charge in [0.2, 0.25) is 0 Å². The molecule has 0 radical (unpaired) electrons. The molecule has 0 atom stereocenters. The number of nitrogens with zero attached hydrogens (tertiary/aromatic N) is 2. The molecular formula is C8H14N2S. The van der Waals surface area contributed by atoms with Crippen LogP contribution < -0.4 is 0 Å². The molecule has 0 aliphatic carbocycles. The summed E-state index contributed by atoms with van der Waals surface area (Å²) in [6.07, 6.45) is 1.05. The highest BCUT2D eigenvalue weighted by Crippen LogP contribution is 2.10. The van der Waals surface area contributed by atoms with Crippen LogP contribution in [0.15, 0.2) is 5.38 Å². The second-order valence-electron chi connectivity index (χ2n) is 2.82. The topological polar surface area (TPSA) is 16.1 Å². The first kappa shape index (κ1) is 8.68. The van der Waals surface area contributed by atoms with Crippen molar-refractivity contribution in [2.75, 3.05) is 14.1 Å². The molecule has 0 unspecified atom stereocenters. The van der Waals surface area contributed by atoms with E-state index in [4.69, 9.17) is 0 Å². The summed E-state index contributed by atoms with van der Waals surface area (Å²) in [4.78, 5) is 6.58. The summed E-state index contributed by atoms with van der Waals surface area (Å²) >= 11 is 1.75. The van der Waals surface area contributed by atoms with Gasteiger partial charge in [0.1, 0.15) is 0 Å². The number of hydrogen-bond acceptors (Lipinski definition) is 3. The largest absolute Gasteiger partial charge is 0.304 e. The Morgan fingerprint density at radius 2 is 2.27 bits per heavy atom. The first-order chi connectivity index (χ1) is 5.22. The average Bonchev–Trinajstić information content (AvgIpc) is 2.34. The second-order valence-corrected chi connectivity index (χ2v) is 3.77. The fraction of sp³-hybridized carbons (Fsp3) is 0.625. The summed E-state index contributed by atoms with van der Waals surface area (Å²) in [7, 11) is 4.12. The minimum Gasteiger partial charge on any atom is -0.304 e. The normalized spacial score (nSPS) is 10.9. The number of aryl methyl sites for hydroxylation is 1. The number of rotatable bonds is 3. The van der Waals surface area contributed by atoms with E-state index < -0.39 is 0 Å². The first-order valence-corrected chi connectivity index (χ1v) is 4.68. The lowest BCUT2D eigenvalue weighted by molar-refractivity contribution is 0.397. The molecule has 0 aliphatic rings. The predicted molar refractivity (Wildman–Crippen MR) is 48.9 cm³/mol. The molecule has 0 aromatic carbocycles. The van der Waals surface area contributed by atoms with E-state index >= 15 is 0 Å². The molecule has 0 aliphatic heterocycles. The van der Waals surface area contributed by atoms with Crippen LogP contribution in [0.4, 0.5) is 0 Å². The third-order valence-electron chi connectivity index (χ3n) is 1.38. The quantitative estimate of drug-likeness (QED) is 0.687. The van der Waals surface area contributed by atoms with E-state index in [2.05, 4.69) is 36.3 Å². The fourth-order valence-corrected chi connectivity index (χ4v) is 1.64. The van der Waals surface area contributed by atoms with Crippen LogP contribution in [-0.4, -0.2) is 24.0 Å². The molecule has 0 amide bonds. The smallest absolute Gasteiger partial charge is 0.0926 e. The van der Waals surface area contributed by atoms with Gasteiger partial charge < -0.3 is 4.90 Å². The van der Waals surface area contributed by atoms with Crippen molar-refractivity contribution in [3.8, 4) is 0 Å². The van der Waals surface area contributed by atoms with Gasteiger partial charge in [-0.1, -0.05) is 6.92 Å². The van der Waals surface area contributed by atoms with Gasteiger partial charge in [0.25, 0.3) is 0 Å². The van der Waals surface area contributed by atoms with Gasteiger partial charge in [-0.3, -0.25) is 0 Å². The summed E-state index contributed by atoms with van der Waals surface area (Å²) in [5, 5.41) is 3.38. The lowest BCUT2D eigenvalue weighted by atomic mass is 10.4. The Hall–Kier alpha value is -0.410. The van der Waals surface area contributed by atoms with E-state index in [1.54, 1.807) is 11.3 Å². The molecule has 0 N–H and O–H groups in total. The van der Waals surface area contributed by atoms with Gasteiger partial charge in [-0.15, -0.1) is 11.3 Å². The van der Waals surface area contributed by atoms with Gasteiger partial charge in [0.05, 0.1) is 10.7 Å². The Morgan fingerprint density at radius 1 is 1.55 bits per heavy atom. The summed E-state index contributed by atoms with van der Waals surface area (Å²) in [5.41, 5.74) is 1.19. The zero-order chi connectivity index (χ0) is 8.27. The zero-order valence-corrected chi connectivity index (χ0v) is 8.11. The molecular weight excluding hydrogens is 156 g/mol. The van der Waals surface area contributed by atoms with Crippen molar-refractivity contribution in [1.29, 1.82) is 0 Å². The summed E-state index contributed by atoms with van der Waals surface area (Å²) in [6.45, 7) is 3.09. The van der Waals surface area contributed by atoms with E-state index in [0.717, 1.165) is 13.0 Å². The first-order valence-electron chi connectivity index (χ1n) is 3.80. The van der Waals surface area contributed by atoms with Crippen molar-refractivity contribution in [2.45, 2.75) is 19.9 Å². The lowest BCUT2D eigenvalue weighted by Crippen LogP contribution is -2.10. The van der Waals surface area contributed by atoms with Crippen LogP contribution in [0.5, 0.6) is 0 Å². The van der Waals surface area contributed by atoms with Crippen LogP contribution in [0, 0.1) is 0 Å². The predicted octanol–water partition coefficient (Wildman–Crippen LogP) is 1.77. The van der Waals surface area contributed by atoms with Gasteiger partial charge in [-0.25, -0.2) is 4.98 Å². The van der Waals surface area contributed by atoms with Crippen molar-refractivity contribution in [1.82, 2.24) is 9.88 Å². The Morgan fingerprint density at radius 3 is 2.73 bits per heavy atom. The highest BCUT2D eigenvalue weighted by Gasteiger charge is 1.99. The minimum atomic E-state index is 0.955. The van der Waals surface area contributed by atoms with E-state index in [1.165, 1.54) is 10.7 Å². The van der Waals surface area contributed by atoms with E-state index in [1.807, 2.05) is 0 Å². The van der Waals surface area contributed by atoms with E-state index in [9.17, 15) is 0 Å². The Balaban J connectivity index is 2.58. The maximum atomic E-state index is 4.45. The van der Waals surface area contributed by atoms with Crippen molar-refractivity contribution in [2.24, 2.45) is 0 Å². The van der Waals surface area contributed by atoms with Crippen molar-refractivity contribution in [3.05, 3.63) is 16.1 Å². The van der Waals surface area contributed by atoms with Gasteiger partial charge in [0.15, 0.2) is 0 Å². The van der Waals surface area contributed by atoms with E-state index in [0.29, 0.717) is 0 Å². The summed E-state index contributed by atoms with van der Waals surface area (Å²) < 4.78 is 0. The van der Waals surface area contributed by atoms with Crippen molar-refractivity contribution >= 4 is 11.3 Å². The van der Waals surface area contributed by atoms with Crippen molar-refractivity contribution < 1.29 is 0 Å². The molecule has 1 rings (SSSR count). The Kier molecular flexibility index (Phi) is 3.02.